The summed E-state index contributed by atoms with van der Waals surface area (Å²) in [6.45, 7) is 12.0. The zero-order chi connectivity index (χ0) is 24.2. The smallest absolute Gasteiger partial charge is 0.342 e. The summed E-state index contributed by atoms with van der Waals surface area (Å²) in [5.74, 6) is -1.10. The highest BCUT2D eigenvalue weighted by Gasteiger charge is 2.15. The summed E-state index contributed by atoms with van der Waals surface area (Å²) in [6.07, 6.45) is 2.54. The van der Waals surface area contributed by atoms with Crippen molar-refractivity contribution in [2.45, 2.75) is 118 Å². The van der Waals surface area contributed by atoms with Crippen LogP contribution in [0.3, 0.4) is 0 Å². The number of hydrogen-bond donors (Lipinski definition) is 0. The fraction of sp³-hybridized carbons (Fsp3) is 0.909. The lowest BCUT2D eigenvalue weighted by Crippen LogP contribution is -2.24. The molecule has 0 radical (unpaired) electrons. The lowest BCUT2D eigenvalue weighted by atomic mass is 10.2. The van der Waals surface area contributed by atoms with Gasteiger partial charge in [-0.1, -0.05) is 26.7 Å². The van der Waals surface area contributed by atoms with Gasteiger partial charge in [-0.2, -0.15) is 9.78 Å². The SMILES string of the molecule is CCCCOC(C)OC(C)OOC(=O)CCCCC(=O)OOC(C)OC(C)OCCCC. The Hall–Kier alpha value is -1.30. The van der Waals surface area contributed by atoms with Gasteiger partial charge in [0.15, 0.2) is 12.6 Å². The summed E-state index contributed by atoms with van der Waals surface area (Å²) in [5, 5.41) is 0. The fourth-order valence-electron chi connectivity index (χ4n) is 2.32. The Morgan fingerprint density at radius 3 is 1.31 bits per heavy atom. The molecule has 0 aromatic heterocycles. The van der Waals surface area contributed by atoms with Crippen molar-refractivity contribution in [1.29, 1.82) is 0 Å². The van der Waals surface area contributed by atoms with E-state index >= 15 is 0 Å². The van der Waals surface area contributed by atoms with Crippen molar-refractivity contribution in [1.82, 2.24) is 0 Å². The first-order valence-corrected chi connectivity index (χ1v) is 11.5. The standard InChI is InChI=1S/C22H42O10/c1-7-9-15-25-17(3)27-19(5)29-31-21(23)13-11-12-14-22(24)32-30-20(6)28-18(4)26-16-10-8-2/h17-20H,7-16H2,1-6H3. The molecule has 32 heavy (non-hydrogen) atoms. The van der Waals surface area contributed by atoms with Gasteiger partial charge in [0.05, 0.1) is 0 Å². The highest BCUT2D eigenvalue weighted by Crippen LogP contribution is 2.08. The maximum absolute atomic E-state index is 11.7. The van der Waals surface area contributed by atoms with Gasteiger partial charge in [-0.25, -0.2) is 9.59 Å². The van der Waals surface area contributed by atoms with Crippen molar-refractivity contribution >= 4 is 11.9 Å². The molecule has 0 aliphatic heterocycles. The minimum absolute atomic E-state index is 0.0928. The van der Waals surface area contributed by atoms with Crippen LogP contribution in [0.25, 0.3) is 0 Å². The van der Waals surface area contributed by atoms with E-state index in [0.717, 1.165) is 25.7 Å². The number of hydrogen-bond acceptors (Lipinski definition) is 10. The minimum atomic E-state index is -0.758. The molecular formula is C22H42O10. The molecule has 0 rings (SSSR count). The quantitative estimate of drug-likeness (QED) is 0.103. The Balaban J connectivity index is 3.74. The van der Waals surface area contributed by atoms with Crippen LogP contribution >= 0.6 is 0 Å². The molecule has 4 unspecified atom stereocenters. The van der Waals surface area contributed by atoms with Crippen LogP contribution in [0, 0.1) is 0 Å². The normalized spacial score (nSPS) is 15.1. The van der Waals surface area contributed by atoms with Gasteiger partial charge in [-0.05, 0) is 53.4 Å². The molecule has 0 N–H and O–H groups in total. The lowest BCUT2D eigenvalue weighted by Gasteiger charge is -2.18. The summed E-state index contributed by atoms with van der Waals surface area (Å²) in [6, 6.07) is 0. The van der Waals surface area contributed by atoms with E-state index in [1.54, 1.807) is 27.7 Å². The van der Waals surface area contributed by atoms with Crippen molar-refractivity contribution in [3.8, 4) is 0 Å². The van der Waals surface area contributed by atoms with Crippen molar-refractivity contribution < 1.29 is 48.1 Å². The van der Waals surface area contributed by atoms with Crippen LogP contribution < -0.4 is 0 Å². The average Bonchev–Trinajstić information content (AvgIpc) is 2.74. The molecule has 190 valence electrons. The van der Waals surface area contributed by atoms with Crippen LogP contribution in [-0.2, 0) is 48.1 Å². The van der Waals surface area contributed by atoms with Crippen LogP contribution in [0.15, 0.2) is 0 Å². The van der Waals surface area contributed by atoms with Crippen molar-refractivity contribution in [3.63, 3.8) is 0 Å². The Morgan fingerprint density at radius 1 is 0.594 bits per heavy atom. The monoisotopic (exact) mass is 466 g/mol. The second-order valence-corrected chi connectivity index (χ2v) is 7.30. The summed E-state index contributed by atoms with van der Waals surface area (Å²) in [4.78, 5) is 42.6. The first-order valence-electron chi connectivity index (χ1n) is 11.5. The molecule has 0 saturated heterocycles. The highest BCUT2D eigenvalue weighted by atomic mass is 17.2. The second-order valence-electron chi connectivity index (χ2n) is 7.30. The van der Waals surface area contributed by atoms with Gasteiger partial charge in [0.25, 0.3) is 0 Å². The van der Waals surface area contributed by atoms with E-state index in [1.807, 2.05) is 0 Å². The lowest BCUT2D eigenvalue weighted by molar-refractivity contribution is -0.369. The molecule has 0 spiro atoms. The van der Waals surface area contributed by atoms with Crippen LogP contribution in [0.2, 0.25) is 0 Å². The first-order chi connectivity index (χ1) is 15.3. The van der Waals surface area contributed by atoms with E-state index < -0.39 is 37.1 Å². The van der Waals surface area contributed by atoms with Gasteiger partial charge < -0.3 is 18.9 Å². The molecule has 0 heterocycles. The Labute approximate surface area is 191 Å². The maximum Gasteiger partial charge on any atom is 0.342 e. The van der Waals surface area contributed by atoms with Gasteiger partial charge in [-0.15, -0.1) is 0 Å². The largest absolute Gasteiger partial charge is 0.353 e. The second kappa shape index (κ2) is 20.3. The first kappa shape index (κ1) is 30.7. The predicted octanol–water partition coefficient (Wildman–Crippen LogP) is 4.55. The maximum atomic E-state index is 11.7. The summed E-state index contributed by atoms with van der Waals surface area (Å²) < 4.78 is 21.6. The third kappa shape index (κ3) is 19.4. The van der Waals surface area contributed by atoms with Crippen LogP contribution in [0.1, 0.15) is 92.9 Å². The number of unbranched alkanes of at least 4 members (excludes halogenated alkanes) is 3. The third-order valence-corrected chi connectivity index (χ3v) is 4.03. The molecule has 0 bridgehead atoms. The van der Waals surface area contributed by atoms with Crippen molar-refractivity contribution in [2.75, 3.05) is 13.2 Å². The number of carbonyl (C=O) groups is 2. The third-order valence-electron chi connectivity index (χ3n) is 4.03. The van der Waals surface area contributed by atoms with Gasteiger partial charge >= 0.3 is 11.9 Å². The van der Waals surface area contributed by atoms with E-state index in [-0.39, 0.29) is 12.8 Å². The summed E-state index contributed by atoms with van der Waals surface area (Å²) >= 11 is 0. The number of rotatable bonds is 21. The zero-order valence-corrected chi connectivity index (χ0v) is 20.5. The molecule has 0 fully saturated rings. The van der Waals surface area contributed by atoms with Crippen LogP contribution in [0.5, 0.6) is 0 Å². The summed E-state index contributed by atoms with van der Waals surface area (Å²) in [5.41, 5.74) is 0. The molecule has 0 aromatic carbocycles. The molecule has 10 heteroatoms. The molecule has 0 saturated carbocycles. The molecule has 0 amide bonds. The summed E-state index contributed by atoms with van der Waals surface area (Å²) in [7, 11) is 0. The molecule has 10 nitrogen and oxygen atoms in total. The number of carbonyl (C=O) groups excluding carboxylic acids is 2. The van der Waals surface area contributed by atoms with Crippen molar-refractivity contribution in [2.24, 2.45) is 0 Å². The van der Waals surface area contributed by atoms with Gasteiger partial charge in [0.2, 0.25) is 12.6 Å². The predicted molar refractivity (Wildman–Crippen MR) is 115 cm³/mol. The number of ether oxygens (including phenoxy) is 4. The van der Waals surface area contributed by atoms with Crippen LogP contribution in [0.4, 0.5) is 0 Å². The Kier molecular flexibility index (Phi) is 19.5. The van der Waals surface area contributed by atoms with Crippen LogP contribution in [-0.4, -0.2) is 50.3 Å². The zero-order valence-electron chi connectivity index (χ0n) is 20.5. The topological polar surface area (TPSA) is 108 Å². The van der Waals surface area contributed by atoms with Gasteiger partial charge in [0.1, 0.15) is 0 Å². The van der Waals surface area contributed by atoms with E-state index in [9.17, 15) is 9.59 Å². The van der Waals surface area contributed by atoms with E-state index in [2.05, 4.69) is 13.8 Å². The molecule has 0 aliphatic carbocycles. The van der Waals surface area contributed by atoms with E-state index in [0.29, 0.717) is 26.1 Å². The molecule has 0 aliphatic rings. The Bertz CT molecular complexity index is 432. The Morgan fingerprint density at radius 2 is 0.969 bits per heavy atom. The van der Waals surface area contributed by atoms with E-state index in [1.165, 1.54) is 0 Å². The van der Waals surface area contributed by atoms with Crippen molar-refractivity contribution in [3.05, 3.63) is 0 Å². The molecule has 4 atom stereocenters. The fourth-order valence-corrected chi connectivity index (χ4v) is 2.32. The molecule has 0 aromatic rings. The highest BCUT2D eigenvalue weighted by molar-refractivity contribution is 5.69. The minimum Gasteiger partial charge on any atom is -0.353 e. The molecular weight excluding hydrogens is 424 g/mol. The average molecular weight is 467 g/mol. The van der Waals surface area contributed by atoms with E-state index in [4.69, 9.17) is 38.5 Å². The van der Waals surface area contributed by atoms with Gasteiger partial charge in [-0.3, -0.25) is 9.78 Å². The van der Waals surface area contributed by atoms with Gasteiger partial charge in [0, 0.05) is 26.1 Å².